The first-order valence-corrected chi connectivity index (χ1v) is 13.4. The molecule has 4 rings (SSSR count). The Kier molecular flexibility index (Phi) is 8.38. The number of hydrogen-bond donors (Lipinski definition) is 0. The largest absolute Gasteiger partial charge is 0.256 e. The lowest BCUT2D eigenvalue weighted by Crippen LogP contribution is -2.13. The molecule has 2 fully saturated rings. The van der Waals surface area contributed by atoms with Gasteiger partial charge in [0.2, 0.25) is 0 Å². The quantitative estimate of drug-likeness (QED) is 0.402. The molecule has 32 heavy (non-hydrogen) atoms. The molecule has 0 aliphatic heterocycles. The lowest BCUT2D eigenvalue weighted by Gasteiger charge is -2.29. The van der Waals surface area contributed by atoms with Crippen LogP contribution in [0.3, 0.4) is 0 Å². The van der Waals surface area contributed by atoms with E-state index in [1.165, 1.54) is 94.6 Å². The van der Waals surface area contributed by atoms with Crippen molar-refractivity contribution in [3.8, 4) is 11.3 Å². The van der Waals surface area contributed by atoms with Gasteiger partial charge in [-0.05, 0) is 104 Å². The number of rotatable bonds is 8. The molecule has 0 atom stereocenters. The summed E-state index contributed by atoms with van der Waals surface area (Å²) in [7, 11) is 0. The molecule has 2 aliphatic carbocycles. The number of unbranched alkanes of at least 4 members (excludes halogenated alkanes) is 1. The van der Waals surface area contributed by atoms with Gasteiger partial charge in [0.15, 0.2) is 0 Å². The van der Waals surface area contributed by atoms with E-state index in [2.05, 4.69) is 31.0 Å². The van der Waals surface area contributed by atoms with Crippen molar-refractivity contribution in [3.63, 3.8) is 0 Å². The number of hydrogen-bond acceptors (Lipinski definition) is 1. The van der Waals surface area contributed by atoms with E-state index in [1.54, 1.807) is 6.07 Å². The average Bonchev–Trinajstić information content (AvgIpc) is 2.84. The minimum Gasteiger partial charge on any atom is -0.256 e. The van der Waals surface area contributed by atoms with Crippen LogP contribution >= 0.6 is 0 Å². The Balaban J connectivity index is 1.36. The fraction of sp³-hybridized carbons (Fsp3) is 0.633. The molecule has 0 radical (unpaired) electrons. The molecule has 2 aliphatic rings. The molecule has 1 nitrogen and oxygen atoms in total. The molecule has 0 unspecified atom stereocenters. The van der Waals surface area contributed by atoms with E-state index < -0.39 is 0 Å². The number of halogens is 1. The molecule has 0 amide bonds. The van der Waals surface area contributed by atoms with Crippen molar-refractivity contribution in [2.75, 3.05) is 0 Å². The van der Waals surface area contributed by atoms with Crippen molar-refractivity contribution in [2.45, 2.75) is 109 Å². The molecule has 1 aromatic carbocycles. The van der Waals surface area contributed by atoms with Crippen molar-refractivity contribution < 1.29 is 4.39 Å². The van der Waals surface area contributed by atoms with Crippen molar-refractivity contribution in [1.82, 2.24) is 4.98 Å². The van der Waals surface area contributed by atoms with Crippen LogP contribution in [0.5, 0.6) is 0 Å². The Morgan fingerprint density at radius 3 is 1.94 bits per heavy atom. The van der Waals surface area contributed by atoms with Crippen LogP contribution in [0.2, 0.25) is 0 Å². The number of benzene rings is 1. The van der Waals surface area contributed by atoms with Gasteiger partial charge in [0.1, 0.15) is 5.82 Å². The Morgan fingerprint density at radius 1 is 0.750 bits per heavy atom. The lowest BCUT2D eigenvalue weighted by molar-refractivity contribution is 0.304. The summed E-state index contributed by atoms with van der Waals surface area (Å²) in [6.07, 6.45) is 19.0. The second-order valence-corrected chi connectivity index (χ2v) is 10.6. The van der Waals surface area contributed by atoms with Gasteiger partial charge in [-0.15, -0.1) is 0 Å². The van der Waals surface area contributed by atoms with Crippen molar-refractivity contribution in [1.29, 1.82) is 0 Å². The van der Waals surface area contributed by atoms with E-state index in [9.17, 15) is 0 Å². The SMILES string of the molecule is CCCC[C@H]1CC[C@H](c2ccc(-c3ccc([C@H]4CC[C@H](CCC)CC4)cn3)c(F)c2)CC1. The summed E-state index contributed by atoms with van der Waals surface area (Å²) in [5.41, 5.74) is 3.92. The predicted octanol–water partition coefficient (Wildman–Crippen LogP) is 9.43. The molecular formula is C30H42FN. The summed E-state index contributed by atoms with van der Waals surface area (Å²) in [4.78, 5) is 4.68. The van der Waals surface area contributed by atoms with Gasteiger partial charge in [0, 0.05) is 11.8 Å². The first-order chi connectivity index (χ1) is 15.7. The van der Waals surface area contributed by atoms with E-state index in [4.69, 9.17) is 0 Å². The number of nitrogens with zero attached hydrogens (tertiary/aromatic N) is 1. The maximum absolute atomic E-state index is 15.1. The summed E-state index contributed by atoms with van der Waals surface area (Å²) in [5.74, 6) is 2.84. The van der Waals surface area contributed by atoms with Crippen molar-refractivity contribution >= 4 is 0 Å². The summed E-state index contributed by atoms with van der Waals surface area (Å²) >= 11 is 0. The minimum absolute atomic E-state index is 0.115. The Bertz CT molecular complexity index is 826. The van der Waals surface area contributed by atoms with Crippen LogP contribution < -0.4 is 0 Å². The standard InChI is InChI=1S/C30H42FN/c1-3-5-7-23-10-12-24(13-11-23)26-16-18-28(29(31)20-26)30-19-17-27(21-32-30)25-14-8-22(6-4-2)9-15-25/h16-25H,3-15H2,1-2H3/t22-,23-,24-,25-. The predicted molar refractivity (Wildman–Crippen MR) is 133 cm³/mol. The van der Waals surface area contributed by atoms with Gasteiger partial charge in [-0.1, -0.05) is 58.1 Å². The molecule has 0 spiro atoms. The van der Waals surface area contributed by atoms with Crippen LogP contribution in [-0.2, 0) is 0 Å². The fourth-order valence-corrected chi connectivity index (χ4v) is 6.27. The summed E-state index contributed by atoms with van der Waals surface area (Å²) in [6.45, 7) is 4.57. The third kappa shape index (κ3) is 5.80. The highest BCUT2D eigenvalue weighted by Crippen LogP contribution is 2.40. The maximum Gasteiger partial charge on any atom is 0.132 e. The molecule has 0 saturated heterocycles. The van der Waals surface area contributed by atoms with Crippen LogP contribution in [0.25, 0.3) is 11.3 Å². The molecule has 1 aromatic heterocycles. The van der Waals surface area contributed by atoms with Gasteiger partial charge in [-0.2, -0.15) is 0 Å². The summed E-state index contributed by atoms with van der Waals surface area (Å²) in [5, 5.41) is 0. The molecule has 1 heterocycles. The molecule has 2 heteroatoms. The van der Waals surface area contributed by atoms with Gasteiger partial charge in [0.05, 0.1) is 5.69 Å². The number of pyridine rings is 1. The Hall–Kier alpha value is -1.70. The Morgan fingerprint density at radius 2 is 1.38 bits per heavy atom. The Labute approximate surface area is 195 Å². The van der Waals surface area contributed by atoms with Crippen molar-refractivity contribution in [2.24, 2.45) is 11.8 Å². The third-order valence-corrected chi connectivity index (χ3v) is 8.35. The smallest absolute Gasteiger partial charge is 0.132 e. The molecule has 2 saturated carbocycles. The zero-order chi connectivity index (χ0) is 22.3. The monoisotopic (exact) mass is 435 g/mol. The van der Waals surface area contributed by atoms with Crippen LogP contribution in [-0.4, -0.2) is 4.98 Å². The highest BCUT2D eigenvalue weighted by Gasteiger charge is 2.24. The van der Waals surface area contributed by atoms with Gasteiger partial charge in [-0.25, -0.2) is 4.39 Å². The zero-order valence-corrected chi connectivity index (χ0v) is 20.3. The van der Waals surface area contributed by atoms with Crippen molar-refractivity contribution in [3.05, 3.63) is 53.5 Å². The van der Waals surface area contributed by atoms with E-state index in [1.807, 2.05) is 18.3 Å². The molecular weight excluding hydrogens is 393 g/mol. The third-order valence-electron chi connectivity index (χ3n) is 8.35. The van der Waals surface area contributed by atoms with Gasteiger partial charge < -0.3 is 0 Å². The first kappa shape index (κ1) is 23.5. The van der Waals surface area contributed by atoms with Crippen LogP contribution in [0.4, 0.5) is 4.39 Å². The fourth-order valence-electron chi connectivity index (χ4n) is 6.27. The van der Waals surface area contributed by atoms with E-state index in [0.29, 0.717) is 17.4 Å². The van der Waals surface area contributed by atoms with Gasteiger partial charge >= 0.3 is 0 Å². The normalized spacial score (nSPS) is 26.2. The second kappa shape index (κ2) is 11.4. The highest BCUT2D eigenvalue weighted by atomic mass is 19.1. The topological polar surface area (TPSA) is 12.9 Å². The molecule has 174 valence electrons. The average molecular weight is 436 g/mol. The first-order valence-electron chi connectivity index (χ1n) is 13.4. The lowest BCUT2D eigenvalue weighted by atomic mass is 9.77. The minimum atomic E-state index is -0.115. The van der Waals surface area contributed by atoms with E-state index in [0.717, 1.165) is 17.5 Å². The molecule has 0 bridgehead atoms. The van der Waals surface area contributed by atoms with Crippen LogP contribution in [0, 0.1) is 17.7 Å². The maximum atomic E-state index is 15.1. The van der Waals surface area contributed by atoms with Crippen LogP contribution in [0.15, 0.2) is 36.5 Å². The molecule has 0 N–H and O–H groups in total. The summed E-state index contributed by atoms with van der Waals surface area (Å²) in [6, 6.07) is 10.1. The van der Waals surface area contributed by atoms with E-state index >= 15 is 4.39 Å². The molecule has 2 aromatic rings. The zero-order valence-electron chi connectivity index (χ0n) is 20.3. The highest BCUT2D eigenvalue weighted by molar-refractivity contribution is 5.60. The van der Waals surface area contributed by atoms with Gasteiger partial charge in [0.25, 0.3) is 0 Å². The van der Waals surface area contributed by atoms with E-state index in [-0.39, 0.29) is 5.82 Å². The second-order valence-electron chi connectivity index (χ2n) is 10.6. The number of aromatic nitrogens is 1. The van der Waals surface area contributed by atoms with Crippen LogP contribution in [0.1, 0.15) is 120 Å². The van der Waals surface area contributed by atoms with Gasteiger partial charge in [-0.3, -0.25) is 4.98 Å². The summed E-state index contributed by atoms with van der Waals surface area (Å²) < 4.78 is 15.1.